The predicted molar refractivity (Wildman–Crippen MR) is 71.4 cm³/mol. The van der Waals surface area contributed by atoms with Gasteiger partial charge in [-0.25, -0.2) is 0 Å². The Bertz CT molecular complexity index is 365. The molecule has 0 spiro atoms. The lowest BCUT2D eigenvalue weighted by molar-refractivity contribution is -0.00745. The summed E-state index contributed by atoms with van der Waals surface area (Å²) in [6.07, 6.45) is 4.54. The molecular formula is C14H22N2O2. The van der Waals surface area contributed by atoms with Gasteiger partial charge in [0.15, 0.2) is 0 Å². The summed E-state index contributed by atoms with van der Waals surface area (Å²) in [4.78, 5) is 0. The fourth-order valence-corrected chi connectivity index (χ4v) is 2.43. The Morgan fingerprint density at radius 3 is 3.06 bits per heavy atom. The van der Waals surface area contributed by atoms with Crippen LogP contribution in [0.4, 0.5) is 0 Å². The van der Waals surface area contributed by atoms with Gasteiger partial charge in [-0.15, -0.1) is 0 Å². The monoisotopic (exact) mass is 250 g/mol. The highest BCUT2D eigenvalue weighted by Crippen LogP contribution is 2.20. The fourth-order valence-electron chi connectivity index (χ4n) is 2.43. The molecule has 1 aliphatic rings. The largest absolute Gasteiger partial charge is 0.497 e. The van der Waals surface area contributed by atoms with E-state index in [1.165, 1.54) is 12.0 Å². The summed E-state index contributed by atoms with van der Waals surface area (Å²) in [5.74, 6) is 6.54. The zero-order valence-electron chi connectivity index (χ0n) is 10.9. The maximum Gasteiger partial charge on any atom is 0.119 e. The molecule has 0 aliphatic carbocycles. The number of ether oxygens (including phenoxy) is 2. The van der Waals surface area contributed by atoms with Crippen LogP contribution in [0.15, 0.2) is 24.3 Å². The van der Waals surface area contributed by atoms with Gasteiger partial charge in [0.1, 0.15) is 5.75 Å². The Hall–Kier alpha value is -1.10. The molecule has 2 unspecified atom stereocenters. The molecule has 3 N–H and O–H groups in total. The Morgan fingerprint density at radius 2 is 2.39 bits per heavy atom. The Morgan fingerprint density at radius 1 is 1.50 bits per heavy atom. The molecule has 0 radical (unpaired) electrons. The van der Waals surface area contributed by atoms with Gasteiger partial charge >= 0.3 is 0 Å². The quantitative estimate of drug-likeness (QED) is 0.616. The summed E-state index contributed by atoms with van der Waals surface area (Å²) in [7, 11) is 1.68. The van der Waals surface area contributed by atoms with E-state index in [1.54, 1.807) is 7.11 Å². The van der Waals surface area contributed by atoms with Crippen LogP contribution in [0.3, 0.4) is 0 Å². The van der Waals surface area contributed by atoms with E-state index in [2.05, 4.69) is 11.5 Å². The lowest BCUT2D eigenvalue weighted by Gasteiger charge is -2.30. The summed E-state index contributed by atoms with van der Waals surface area (Å²) in [5.41, 5.74) is 4.11. The molecule has 0 bridgehead atoms. The molecular weight excluding hydrogens is 228 g/mol. The first-order valence-electron chi connectivity index (χ1n) is 6.54. The van der Waals surface area contributed by atoms with Gasteiger partial charge in [-0.2, -0.15) is 0 Å². The van der Waals surface area contributed by atoms with Gasteiger partial charge in [0.2, 0.25) is 0 Å². The number of rotatable bonds is 5. The van der Waals surface area contributed by atoms with Gasteiger partial charge < -0.3 is 9.47 Å². The molecule has 0 amide bonds. The maximum absolute atomic E-state index is 5.79. The minimum atomic E-state index is 0.164. The van der Waals surface area contributed by atoms with Crippen LogP contribution in [0, 0.1) is 0 Å². The van der Waals surface area contributed by atoms with E-state index in [4.69, 9.17) is 15.3 Å². The first-order valence-corrected chi connectivity index (χ1v) is 6.54. The molecule has 1 aliphatic heterocycles. The lowest BCUT2D eigenvalue weighted by Crippen LogP contribution is -2.47. The Labute approximate surface area is 108 Å². The van der Waals surface area contributed by atoms with Crippen LogP contribution >= 0.6 is 0 Å². The smallest absolute Gasteiger partial charge is 0.119 e. The highest BCUT2D eigenvalue weighted by Gasteiger charge is 2.23. The van der Waals surface area contributed by atoms with Crippen molar-refractivity contribution in [2.75, 3.05) is 13.7 Å². The molecule has 4 heteroatoms. The van der Waals surface area contributed by atoms with Crippen molar-refractivity contribution in [3.8, 4) is 5.75 Å². The van der Waals surface area contributed by atoms with E-state index in [0.29, 0.717) is 0 Å². The molecule has 2 rings (SSSR count). The molecule has 0 saturated carbocycles. The summed E-state index contributed by atoms with van der Waals surface area (Å²) >= 11 is 0. The van der Waals surface area contributed by atoms with Crippen LogP contribution in [-0.2, 0) is 11.2 Å². The lowest BCUT2D eigenvalue weighted by atomic mass is 9.96. The number of hydrogen-bond acceptors (Lipinski definition) is 4. The van der Waals surface area contributed by atoms with Crippen molar-refractivity contribution < 1.29 is 9.47 Å². The molecule has 18 heavy (non-hydrogen) atoms. The molecule has 4 nitrogen and oxygen atoms in total. The molecule has 1 aromatic rings. The second kappa shape index (κ2) is 6.73. The summed E-state index contributed by atoms with van der Waals surface area (Å²) in [6.45, 7) is 0.848. The SMILES string of the molecule is COc1cccc(CC(NN)C2CCCCO2)c1. The van der Waals surface area contributed by atoms with Gasteiger partial charge in [-0.05, 0) is 43.4 Å². The van der Waals surface area contributed by atoms with Crippen LogP contribution in [0.5, 0.6) is 5.75 Å². The Balaban J connectivity index is 1.99. The number of methoxy groups -OCH3 is 1. The highest BCUT2D eigenvalue weighted by molar-refractivity contribution is 5.29. The summed E-state index contributed by atoms with van der Waals surface area (Å²) in [5, 5.41) is 0. The summed E-state index contributed by atoms with van der Waals surface area (Å²) < 4.78 is 11.0. The van der Waals surface area contributed by atoms with Gasteiger partial charge in [0.25, 0.3) is 0 Å². The normalized spacial score (nSPS) is 21.6. The third-order valence-corrected chi connectivity index (χ3v) is 3.47. The van der Waals surface area contributed by atoms with Gasteiger partial charge in [-0.3, -0.25) is 11.3 Å². The van der Waals surface area contributed by atoms with Gasteiger partial charge in [0, 0.05) is 6.61 Å². The minimum Gasteiger partial charge on any atom is -0.497 e. The van der Waals surface area contributed by atoms with E-state index in [9.17, 15) is 0 Å². The van der Waals surface area contributed by atoms with E-state index in [-0.39, 0.29) is 12.1 Å². The number of nitrogens with one attached hydrogen (secondary N) is 1. The minimum absolute atomic E-state index is 0.164. The third-order valence-electron chi connectivity index (χ3n) is 3.47. The summed E-state index contributed by atoms with van der Waals surface area (Å²) in [6, 6.07) is 8.26. The topological polar surface area (TPSA) is 56.5 Å². The molecule has 2 atom stereocenters. The fraction of sp³-hybridized carbons (Fsp3) is 0.571. The van der Waals surface area contributed by atoms with E-state index in [1.807, 2.05) is 18.2 Å². The highest BCUT2D eigenvalue weighted by atomic mass is 16.5. The molecule has 100 valence electrons. The number of hydrogen-bond donors (Lipinski definition) is 2. The molecule has 1 heterocycles. The number of benzene rings is 1. The second-order valence-corrected chi connectivity index (χ2v) is 4.73. The second-order valence-electron chi connectivity index (χ2n) is 4.73. The van der Waals surface area contributed by atoms with Crippen molar-refractivity contribution in [2.45, 2.75) is 37.8 Å². The maximum atomic E-state index is 5.79. The van der Waals surface area contributed by atoms with E-state index in [0.717, 1.165) is 31.6 Å². The van der Waals surface area contributed by atoms with Crippen molar-refractivity contribution in [1.82, 2.24) is 5.43 Å². The van der Waals surface area contributed by atoms with Gasteiger partial charge in [0.05, 0.1) is 19.3 Å². The van der Waals surface area contributed by atoms with Gasteiger partial charge in [-0.1, -0.05) is 12.1 Å². The van der Waals surface area contributed by atoms with Crippen LogP contribution in [0.1, 0.15) is 24.8 Å². The van der Waals surface area contributed by atoms with Crippen molar-refractivity contribution in [2.24, 2.45) is 5.84 Å². The van der Waals surface area contributed by atoms with Crippen molar-refractivity contribution in [1.29, 1.82) is 0 Å². The van der Waals surface area contributed by atoms with Crippen molar-refractivity contribution >= 4 is 0 Å². The molecule has 1 saturated heterocycles. The molecule has 1 fully saturated rings. The van der Waals surface area contributed by atoms with Crippen molar-refractivity contribution in [3.63, 3.8) is 0 Å². The molecule has 1 aromatic carbocycles. The number of nitrogens with two attached hydrogens (primary N) is 1. The average molecular weight is 250 g/mol. The molecule has 0 aromatic heterocycles. The number of hydrazine groups is 1. The zero-order chi connectivity index (χ0) is 12.8. The van der Waals surface area contributed by atoms with Crippen LogP contribution in [-0.4, -0.2) is 25.9 Å². The van der Waals surface area contributed by atoms with Crippen molar-refractivity contribution in [3.05, 3.63) is 29.8 Å². The zero-order valence-corrected chi connectivity index (χ0v) is 10.9. The van der Waals surface area contributed by atoms with E-state index < -0.39 is 0 Å². The first kappa shape index (κ1) is 13.3. The van der Waals surface area contributed by atoms with Crippen LogP contribution < -0.4 is 16.0 Å². The first-order chi connectivity index (χ1) is 8.83. The predicted octanol–water partition coefficient (Wildman–Crippen LogP) is 1.64. The third kappa shape index (κ3) is 3.45. The van der Waals surface area contributed by atoms with Crippen LogP contribution in [0.25, 0.3) is 0 Å². The Kier molecular flexibility index (Phi) is 4.99. The average Bonchev–Trinajstić information content (AvgIpc) is 2.46. The standard InChI is InChI=1S/C14H22N2O2/c1-17-12-6-4-5-11(9-12)10-13(16-15)14-7-2-3-8-18-14/h4-6,9,13-14,16H,2-3,7-8,10,15H2,1H3. The van der Waals surface area contributed by atoms with E-state index >= 15 is 0 Å². The van der Waals surface area contributed by atoms with Crippen LogP contribution in [0.2, 0.25) is 0 Å².